The molecule has 3 nitrogen and oxygen atoms in total. The second-order valence-corrected chi connectivity index (χ2v) is 5.10. The highest BCUT2D eigenvalue weighted by molar-refractivity contribution is 5.32. The van der Waals surface area contributed by atoms with E-state index in [1.807, 2.05) is 19.4 Å². The number of aromatic nitrogens is 2. The molecule has 1 aromatic carbocycles. The van der Waals surface area contributed by atoms with Crippen LogP contribution >= 0.6 is 0 Å². The van der Waals surface area contributed by atoms with E-state index in [0.29, 0.717) is 0 Å². The predicted octanol–water partition coefficient (Wildman–Crippen LogP) is 3.30. The van der Waals surface area contributed by atoms with Gasteiger partial charge >= 0.3 is 0 Å². The van der Waals surface area contributed by atoms with Crippen molar-refractivity contribution in [1.29, 1.82) is 0 Å². The smallest absolute Gasteiger partial charge is 0.138 e. The minimum absolute atomic E-state index is 0.0839. The van der Waals surface area contributed by atoms with Gasteiger partial charge in [0.15, 0.2) is 0 Å². The molecule has 0 atom stereocenters. The van der Waals surface area contributed by atoms with Crippen molar-refractivity contribution in [2.24, 2.45) is 0 Å². The Morgan fingerprint density at radius 2 is 1.60 bits per heavy atom. The van der Waals surface area contributed by atoms with Gasteiger partial charge in [0.05, 0.1) is 5.41 Å². The van der Waals surface area contributed by atoms with Gasteiger partial charge in [-0.25, -0.2) is 9.97 Å². The molecule has 0 bridgehead atoms. The van der Waals surface area contributed by atoms with E-state index >= 15 is 0 Å². The topological polar surface area (TPSA) is 37.8 Å². The van der Waals surface area contributed by atoms with Crippen molar-refractivity contribution in [1.82, 2.24) is 15.3 Å². The maximum absolute atomic E-state index is 4.64. The first-order valence-corrected chi connectivity index (χ1v) is 7.28. The zero-order valence-corrected chi connectivity index (χ0v) is 12.6. The molecule has 0 aliphatic heterocycles. The Morgan fingerprint density at radius 3 is 2.10 bits per heavy atom. The van der Waals surface area contributed by atoms with Gasteiger partial charge in [-0.1, -0.05) is 44.2 Å². The number of hydrogen-bond donors (Lipinski definition) is 1. The van der Waals surface area contributed by atoms with Crippen LogP contribution in [0.25, 0.3) is 0 Å². The zero-order chi connectivity index (χ0) is 14.4. The van der Waals surface area contributed by atoms with Gasteiger partial charge in [-0.05, 0) is 25.5 Å². The lowest BCUT2D eigenvalue weighted by atomic mass is 9.75. The van der Waals surface area contributed by atoms with Gasteiger partial charge in [0.2, 0.25) is 0 Å². The van der Waals surface area contributed by atoms with E-state index in [9.17, 15) is 0 Å². The molecule has 1 heterocycles. The summed E-state index contributed by atoms with van der Waals surface area (Å²) in [7, 11) is 1.93. The molecule has 0 aliphatic rings. The molecule has 106 valence electrons. The van der Waals surface area contributed by atoms with Crippen LogP contribution in [-0.2, 0) is 12.0 Å². The highest BCUT2D eigenvalue weighted by atomic mass is 14.9. The summed E-state index contributed by atoms with van der Waals surface area (Å²) in [6.45, 7) is 5.22. The maximum atomic E-state index is 4.64. The van der Waals surface area contributed by atoms with Gasteiger partial charge < -0.3 is 5.32 Å². The zero-order valence-electron chi connectivity index (χ0n) is 12.6. The lowest BCUT2D eigenvalue weighted by Gasteiger charge is -2.30. The van der Waals surface area contributed by atoms with Crippen molar-refractivity contribution < 1.29 is 0 Å². The fraction of sp³-hybridized carbons (Fsp3) is 0.412. The van der Waals surface area contributed by atoms with Crippen LogP contribution in [0.15, 0.2) is 42.7 Å². The van der Waals surface area contributed by atoms with Crippen LogP contribution < -0.4 is 5.32 Å². The van der Waals surface area contributed by atoms with Crippen molar-refractivity contribution in [3.05, 3.63) is 59.7 Å². The quantitative estimate of drug-likeness (QED) is 0.874. The molecule has 0 aliphatic carbocycles. The maximum Gasteiger partial charge on any atom is 0.138 e. The van der Waals surface area contributed by atoms with Gasteiger partial charge in [0, 0.05) is 24.5 Å². The summed E-state index contributed by atoms with van der Waals surface area (Å²) in [6.07, 6.45) is 5.86. The molecule has 0 radical (unpaired) electrons. The van der Waals surface area contributed by atoms with E-state index in [2.05, 4.69) is 59.5 Å². The third-order valence-electron chi connectivity index (χ3n) is 4.05. The second-order valence-electron chi connectivity index (χ2n) is 5.10. The summed E-state index contributed by atoms with van der Waals surface area (Å²) in [6, 6.07) is 10.6. The molecule has 3 heteroatoms. The summed E-state index contributed by atoms with van der Waals surface area (Å²) in [4.78, 5) is 9.27. The molecule has 2 rings (SSSR count). The van der Waals surface area contributed by atoms with Crippen LogP contribution in [0.5, 0.6) is 0 Å². The first-order chi connectivity index (χ1) is 9.76. The fourth-order valence-electron chi connectivity index (χ4n) is 2.76. The Labute approximate surface area is 121 Å². The Kier molecular flexibility index (Phi) is 4.85. The number of nitrogens with one attached hydrogen (secondary N) is 1. The molecule has 0 saturated heterocycles. The first-order valence-electron chi connectivity index (χ1n) is 7.28. The fourth-order valence-corrected chi connectivity index (χ4v) is 2.76. The Morgan fingerprint density at radius 1 is 1.00 bits per heavy atom. The van der Waals surface area contributed by atoms with Gasteiger partial charge in [0.1, 0.15) is 5.82 Å². The lowest BCUT2D eigenvalue weighted by molar-refractivity contribution is 0.448. The highest BCUT2D eigenvalue weighted by Gasteiger charge is 2.33. The molecule has 20 heavy (non-hydrogen) atoms. The molecular formula is C17H23N3. The monoisotopic (exact) mass is 269 g/mol. The van der Waals surface area contributed by atoms with Crippen LogP contribution in [0.1, 0.15) is 43.6 Å². The summed E-state index contributed by atoms with van der Waals surface area (Å²) < 4.78 is 0. The standard InChI is InChI=1S/C17H23N3/c1-4-17(5-2,15-9-7-6-8-10-15)16-19-12-14(11-18-3)13-20-16/h6-10,12-13,18H,4-5,11H2,1-3H3. The predicted molar refractivity (Wildman–Crippen MR) is 82.6 cm³/mol. The van der Waals surface area contributed by atoms with Crippen molar-refractivity contribution in [2.75, 3.05) is 7.05 Å². The van der Waals surface area contributed by atoms with Crippen molar-refractivity contribution >= 4 is 0 Å². The molecule has 0 unspecified atom stereocenters. The molecule has 0 saturated carbocycles. The Balaban J connectivity index is 2.42. The van der Waals surface area contributed by atoms with Crippen molar-refractivity contribution in [3.63, 3.8) is 0 Å². The van der Waals surface area contributed by atoms with Crippen LogP contribution in [-0.4, -0.2) is 17.0 Å². The summed E-state index contributed by atoms with van der Waals surface area (Å²) in [5.74, 6) is 0.925. The van der Waals surface area contributed by atoms with Gasteiger partial charge in [-0.3, -0.25) is 0 Å². The average molecular weight is 269 g/mol. The van der Waals surface area contributed by atoms with Gasteiger partial charge in [0.25, 0.3) is 0 Å². The van der Waals surface area contributed by atoms with E-state index < -0.39 is 0 Å². The SMILES string of the molecule is CCC(CC)(c1ccccc1)c1ncc(CNC)cn1. The van der Waals surface area contributed by atoms with Crippen LogP contribution in [0.2, 0.25) is 0 Å². The lowest BCUT2D eigenvalue weighted by Crippen LogP contribution is -2.28. The number of rotatable bonds is 6. The Hall–Kier alpha value is -1.74. The minimum Gasteiger partial charge on any atom is -0.316 e. The van der Waals surface area contributed by atoms with E-state index in [1.165, 1.54) is 5.56 Å². The number of hydrogen-bond acceptors (Lipinski definition) is 3. The summed E-state index contributed by atoms with van der Waals surface area (Å²) >= 11 is 0. The second kappa shape index (κ2) is 6.62. The van der Waals surface area contributed by atoms with Crippen molar-refractivity contribution in [3.8, 4) is 0 Å². The van der Waals surface area contributed by atoms with Gasteiger partial charge in [-0.15, -0.1) is 0 Å². The third-order valence-corrected chi connectivity index (χ3v) is 4.05. The molecule has 1 N–H and O–H groups in total. The molecule has 1 aromatic heterocycles. The average Bonchev–Trinajstić information content (AvgIpc) is 2.52. The largest absolute Gasteiger partial charge is 0.316 e. The molecule has 2 aromatic rings. The van der Waals surface area contributed by atoms with E-state index in [0.717, 1.165) is 30.8 Å². The van der Waals surface area contributed by atoms with Gasteiger partial charge in [-0.2, -0.15) is 0 Å². The third kappa shape index (κ3) is 2.73. The van der Waals surface area contributed by atoms with Crippen LogP contribution in [0, 0.1) is 0 Å². The molecular weight excluding hydrogens is 246 g/mol. The number of benzene rings is 1. The molecule has 0 spiro atoms. The number of nitrogens with zero attached hydrogens (tertiary/aromatic N) is 2. The van der Waals surface area contributed by atoms with Crippen LogP contribution in [0.4, 0.5) is 0 Å². The van der Waals surface area contributed by atoms with Crippen molar-refractivity contribution in [2.45, 2.75) is 38.6 Å². The van der Waals surface area contributed by atoms with E-state index in [1.54, 1.807) is 0 Å². The highest BCUT2D eigenvalue weighted by Crippen LogP contribution is 2.36. The van der Waals surface area contributed by atoms with Crippen LogP contribution in [0.3, 0.4) is 0 Å². The first kappa shape index (κ1) is 14.7. The normalized spacial score (nSPS) is 11.6. The molecule has 0 fully saturated rings. The van der Waals surface area contributed by atoms with E-state index in [-0.39, 0.29) is 5.41 Å². The summed E-state index contributed by atoms with van der Waals surface area (Å²) in [5, 5.41) is 3.12. The van der Waals surface area contributed by atoms with E-state index in [4.69, 9.17) is 0 Å². The minimum atomic E-state index is -0.0839. The molecule has 0 amide bonds. The summed E-state index contributed by atoms with van der Waals surface area (Å²) in [5.41, 5.74) is 2.33. The Bertz CT molecular complexity index is 516.